The van der Waals surface area contributed by atoms with E-state index in [0.717, 1.165) is 17.5 Å². The minimum absolute atomic E-state index is 0.00155. The molecule has 220 valence electrons. The van der Waals surface area contributed by atoms with Gasteiger partial charge in [0, 0.05) is 43.1 Å². The zero-order valence-corrected chi connectivity index (χ0v) is 24.3. The summed E-state index contributed by atoms with van der Waals surface area (Å²) in [6.07, 6.45) is 5.04. The highest BCUT2D eigenvalue weighted by Crippen LogP contribution is 2.22. The summed E-state index contributed by atoms with van der Waals surface area (Å²) < 4.78 is 11.6. The van der Waals surface area contributed by atoms with Gasteiger partial charge < -0.3 is 30.7 Å². The summed E-state index contributed by atoms with van der Waals surface area (Å²) in [5, 5.41) is 12.7. The summed E-state index contributed by atoms with van der Waals surface area (Å²) >= 11 is 6.05. The van der Waals surface area contributed by atoms with E-state index >= 15 is 0 Å². The molecular weight excluding hydrogens is 544 g/mol. The van der Waals surface area contributed by atoms with Crippen LogP contribution in [0.15, 0.2) is 54.6 Å². The summed E-state index contributed by atoms with van der Waals surface area (Å²) in [5.41, 5.74) is 0.415. The summed E-state index contributed by atoms with van der Waals surface area (Å²) in [6.45, 7) is 5.40. The SMILES string of the molecule is CC[C@H](C)[C@@H]1NCCOc2ccccc2/C=C\CNC(=O)[C@H](Cc2ccc(Cl)cc2)NC(=O)C2(CCOC2)NC1=O. The molecule has 0 radical (unpaired) electrons. The van der Waals surface area contributed by atoms with Crippen LogP contribution in [0.2, 0.25) is 5.02 Å². The Balaban J connectivity index is 1.64. The normalized spacial score (nSPS) is 26.0. The van der Waals surface area contributed by atoms with E-state index in [1.807, 2.05) is 62.4 Å². The first-order valence-electron chi connectivity index (χ1n) is 14.2. The van der Waals surface area contributed by atoms with Crippen LogP contribution in [0.4, 0.5) is 0 Å². The lowest BCUT2D eigenvalue weighted by molar-refractivity contribution is -0.137. The molecule has 4 N–H and O–H groups in total. The number of benzene rings is 2. The summed E-state index contributed by atoms with van der Waals surface area (Å²) in [4.78, 5) is 40.8. The van der Waals surface area contributed by atoms with E-state index in [-0.39, 0.29) is 37.3 Å². The third-order valence-corrected chi connectivity index (χ3v) is 7.88. The van der Waals surface area contributed by atoms with Crippen molar-refractivity contribution in [3.05, 3.63) is 70.8 Å². The fourth-order valence-electron chi connectivity index (χ4n) is 4.96. The van der Waals surface area contributed by atoms with Gasteiger partial charge in [0.1, 0.15) is 23.9 Å². The molecule has 2 aliphatic heterocycles. The molecule has 1 fully saturated rings. The van der Waals surface area contributed by atoms with E-state index in [2.05, 4.69) is 21.3 Å². The Bertz CT molecular complexity index is 1230. The van der Waals surface area contributed by atoms with Gasteiger partial charge in [-0.25, -0.2) is 0 Å². The number of para-hydroxylation sites is 1. The van der Waals surface area contributed by atoms with Gasteiger partial charge in [0.15, 0.2) is 0 Å². The Hall–Kier alpha value is -3.40. The van der Waals surface area contributed by atoms with Crippen LogP contribution in [-0.4, -0.2) is 68.3 Å². The van der Waals surface area contributed by atoms with E-state index in [0.29, 0.717) is 37.0 Å². The van der Waals surface area contributed by atoms with Crippen molar-refractivity contribution in [3.8, 4) is 5.75 Å². The Morgan fingerprint density at radius 3 is 2.56 bits per heavy atom. The topological polar surface area (TPSA) is 118 Å². The number of carbonyl (C=O) groups excluding carboxylic acids is 3. The highest BCUT2D eigenvalue weighted by molar-refractivity contribution is 6.30. The van der Waals surface area contributed by atoms with Gasteiger partial charge in [-0.15, -0.1) is 0 Å². The smallest absolute Gasteiger partial charge is 0.248 e. The number of amides is 3. The van der Waals surface area contributed by atoms with Crippen molar-refractivity contribution in [2.75, 3.05) is 32.9 Å². The molecule has 2 aliphatic rings. The van der Waals surface area contributed by atoms with Crippen LogP contribution in [0.3, 0.4) is 0 Å². The Labute approximate surface area is 246 Å². The molecule has 1 spiro atoms. The van der Waals surface area contributed by atoms with Crippen LogP contribution in [0.1, 0.15) is 37.8 Å². The van der Waals surface area contributed by atoms with Crippen LogP contribution in [-0.2, 0) is 25.5 Å². The fraction of sp³-hybridized carbons (Fsp3) is 0.452. The van der Waals surface area contributed by atoms with Crippen LogP contribution in [0.5, 0.6) is 5.75 Å². The number of carbonyl (C=O) groups is 3. The van der Waals surface area contributed by atoms with Gasteiger partial charge in [0.05, 0.1) is 12.6 Å². The molecule has 9 nitrogen and oxygen atoms in total. The third-order valence-electron chi connectivity index (χ3n) is 7.62. The van der Waals surface area contributed by atoms with Gasteiger partial charge in [-0.1, -0.05) is 74.4 Å². The molecule has 2 heterocycles. The largest absolute Gasteiger partial charge is 0.492 e. The number of nitrogens with one attached hydrogen (secondary N) is 4. The third kappa shape index (κ3) is 8.09. The molecule has 0 saturated carbocycles. The van der Waals surface area contributed by atoms with Crippen molar-refractivity contribution in [2.24, 2.45) is 5.92 Å². The summed E-state index contributed by atoms with van der Waals surface area (Å²) in [7, 11) is 0. The highest BCUT2D eigenvalue weighted by Gasteiger charge is 2.46. The molecular formula is C31H39ClN4O5. The van der Waals surface area contributed by atoms with Crippen molar-refractivity contribution in [2.45, 2.75) is 50.7 Å². The van der Waals surface area contributed by atoms with Gasteiger partial charge in [0.2, 0.25) is 17.7 Å². The molecule has 10 heteroatoms. The van der Waals surface area contributed by atoms with Gasteiger partial charge in [-0.3, -0.25) is 14.4 Å². The fourth-order valence-corrected chi connectivity index (χ4v) is 5.08. The lowest BCUT2D eigenvalue weighted by Crippen LogP contribution is -2.65. The molecule has 0 aliphatic carbocycles. The predicted octanol–water partition coefficient (Wildman–Crippen LogP) is 2.87. The molecule has 3 amide bonds. The number of hydrogen-bond acceptors (Lipinski definition) is 6. The first kappa shape index (κ1) is 30.6. The maximum Gasteiger partial charge on any atom is 0.248 e. The molecule has 4 atom stereocenters. The monoisotopic (exact) mass is 582 g/mol. The minimum Gasteiger partial charge on any atom is -0.492 e. The van der Waals surface area contributed by atoms with Gasteiger partial charge in [-0.2, -0.15) is 0 Å². The lowest BCUT2D eigenvalue weighted by atomic mass is 9.92. The van der Waals surface area contributed by atoms with Crippen LogP contribution in [0, 0.1) is 5.92 Å². The summed E-state index contributed by atoms with van der Waals surface area (Å²) in [5.74, 6) is -0.375. The average molecular weight is 583 g/mol. The zero-order valence-electron chi connectivity index (χ0n) is 23.6. The Morgan fingerprint density at radius 2 is 1.83 bits per heavy atom. The van der Waals surface area contributed by atoms with Crippen molar-refractivity contribution in [1.29, 1.82) is 0 Å². The van der Waals surface area contributed by atoms with Gasteiger partial charge >= 0.3 is 0 Å². The maximum atomic E-state index is 13.8. The Kier molecular flexibility index (Phi) is 10.8. The molecule has 41 heavy (non-hydrogen) atoms. The van der Waals surface area contributed by atoms with Crippen molar-refractivity contribution in [1.82, 2.24) is 21.3 Å². The van der Waals surface area contributed by atoms with Crippen LogP contribution >= 0.6 is 11.6 Å². The summed E-state index contributed by atoms with van der Waals surface area (Å²) in [6, 6.07) is 13.3. The number of hydrogen-bond donors (Lipinski definition) is 4. The zero-order chi connectivity index (χ0) is 29.2. The second-order valence-electron chi connectivity index (χ2n) is 10.6. The first-order valence-corrected chi connectivity index (χ1v) is 14.5. The molecule has 2 aromatic carbocycles. The molecule has 1 unspecified atom stereocenters. The molecule has 1 saturated heterocycles. The number of fused-ring (bicyclic) bond motifs is 1. The van der Waals surface area contributed by atoms with E-state index in [1.165, 1.54) is 0 Å². The quantitative estimate of drug-likeness (QED) is 0.440. The maximum absolute atomic E-state index is 13.8. The van der Waals surface area contributed by atoms with Gasteiger partial charge in [-0.05, 0) is 29.7 Å². The lowest BCUT2D eigenvalue weighted by Gasteiger charge is -2.33. The second kappa shape index (κ2) is 14.5. The van der Waals surface area contributed by atoms with Gasteiger partial charge in [0.25, 0.3) is 0 Å². The predicted molar refractivity (Wildman–Crippen MR) is 159 cm³/mol. The standard InChI is InChI=1S/C31H39ClN4O5/c1-3-21(2)27-29(38)36-31(14-17-40-20-31)30(39)35-25(19-22-10-12-24(32)13-11-22)28(37)34-15-6-8-23-7-4-5-9-26(23)41-18-16-33-27/h4-13,21,25,27,33H,3,14-20H2,1-2H3,(H,34,37)(H,35,39)(H,36,38)/b8-6-/t21-,25-,27-,31?/m0/s1. The first-order chi connectivity index (χ1) is 19.8. The van der Waals surface area contributed by atoms with Crippen LogP contribution in [0.25, 0.3) is 6.08 Å². The highest BCUT2D eigenvalue weighted by atomic mass is 35.5. The Morgan fingerprint density at radius 1 is 1.05 bits per heavy atom. The number of rotatable bonds is 4. The van der Waals surface area contributed by atoms with Crippen molar-refractivity contribution < 1.29 is 23.9 Å². The molecule has 0 aromatic heterocycles. The number of ether oxygens (including phenoxy) is 2. The van der Waals surface area contributed by atoms with E-state index in [1.54, 1.807) is 12.1 Å². The minimum atomic E-state index is -1.29. The van der Waals surface area contributed by atoms with E-state index in [9.17, 15) is 14.4 Å². The molecule has 4 rings (SSSR count). The van der Waals surface area contributed by atoms with Crippen molar-refractivity contribution >= 4 is 35.4 Å². The van der Waals surface area contributed by atoms with Crippen molar-refractivity contribution in [3.63, 3.8) is 0 Å². The van der Waals surface area contributed by atoms with Crippen LogP contribution < -0.4 is 26.0 Å². The average Bonchev–Trinajstić information content (AvgIpc) is 3.45. The second-order valence-corrected chi connectivity index (χ2v) is 11.0. The number of halogens is 1. The van der Waals surface area contributed by atoms with E-state index in [4.69, 9.17) is 21.1 Å². The molecule has 0 bridgehead atoms. The van der Waals surface area contributed by atoms with E-state index < -0.39 is 23.5 Å². The molecule has 2 aromatic rings.